The van der Waals surface area contributed by atoms with Crippen LogP contribution < -0.4 is 15.2 Å². The van der Waals surface area contributed by atoms with E-state index in [1.54, 1.807) is 7.11 Å². The smallest absolute Gasteiger partial charge is 0.164 e. The number of ether oxygens (including phenoxy) is 3. The summed E-state index contributed by atoms with van der Waals surface area (Å²) in [6, 6.07) is 3.93. The molecule has 0 aromatic heterocycles. The molecule has 19 heavy (non-hydrogen) atoms. The fraction of sp³-hybridized carbons (Fsp3) is 0.467. The zero-order chi connectivity index (χ0) is 14.1. The second-order valence-corrected chi connectivity index (χ2v) is 4.03. The van der Waals surface area contributed by atoms with Gasteiger partial charge in [0.1, 0.15) is 6.61 Å². The number of hydrogen-bond donors (Lipinski definition) is 1. The molecule has 0 aliphatic rings. The van der Waals surface area contributed by atoms with Gasteiger partial charge in [0.05, 0.1) is 13.7 Å². The van der Waals surface area contributed by atoms with Crippen molar-refractivity contribution in [1.82, 2.24) is 0 Å². The summed E-state index contributed by atoms with van der Waals surface area (Å²) >= 11 is 0. The van der Waals surface area contributed by atoms with Crippen molar-refractivity contribution >= 4 is 0 Å². The van der Waals surface area contributed by atoms with Crippen molar-refractivity contribution in [3.63, 3.8) is 0 Å². The summed E-state index contributed by atoms with van der Waals surface area (Å²) in [5, 5.41) is 0. The molecule has 1 aromatic carbocycles. The Hall–Kier alpha value is -1.52. The molecule has 0 saturated heterocycles. The van der Waals surface area contributed by atoms with E-state index in [-0.39, 0.29) is 0 Å². The van der Waals surface area contributed by atoms with Gasteiger partial charge in [0.2, 0.25) is 0 Å². The van der Waals surface area contributed by atoms with Crippen LogP contribution in [0.2, 0.25) is 0 Å². The standard InChI is InChI=1S/C15H23NO3/c1-4-6-13-9-12(11-16)10-14(17-3)15(13)19-8-7-18-5-2/h4,9-10H,1,5-8,11,16H2,2-3H3. The number of hydrogen-bond acceptors (Lipinski definition) is 4. The summed E-state index contributed by atoms with van der Waals surface area (Å²) < 4.78 is 16.4. The summed E-state index contributed by atoms with van der Waals surface area (Å²) in [6.07, 6.45) is 2.55. The zero-order valence-electron chi connectivity index (χ0n) is 11.8. The zero-order valence-corrected chi connectivity index (χ0v) is 11.8. The van der Waals surface area contributed by atoms with E-state index < -0.39 is 0 Å². The van der Waals surface area contributed by atoms with Crippen LogP contribution in [-0.4, -0.2) is 26.9 Å². The second kappa shape index (κ2) is 8.56. The molecule has 1 aromatic rings. The van der Waals surface area contributed by atoms with E-state index >= 15 is 0 Å². The van der Waals surface area contributed by atoms with E-state index in [0.29, 0.717) is 38.5 Å². The van der Waals surface area contributed by atoms with Crippen molar-refractivity contribution in [3.05, 3.63) is 35.9 Å². The SMILES string of the molecule is C=CCc1cc(CN)cc(OC)c1OCCOCC. The Morgan fingerprint density at radius 2 is 2.11 bits per heavy atom. The molecule has 0 fully saturated rings. The van der Waals surface area contributed by atoms with E-state index in [2.05, 4.69) is 6.58 Å². The molecule has 0 radical (unpaired) electrons. The molecule has 4 heteroatoms. The van der Waals surface area contributed by atoms with Crippen LogP contribution in [-0.2, 0) is 17.7 Å². The van der Waals surface area contributed by atoms with Gasteiger partial charge < -0.3 is 19.9 Å². The third kappa shape index (κ3) is 4.58. The lowest BCUT2D eigenvalue weighted by Gasteiger charge is -2.16. The van der Waals surface area contributed by atoms with E-state index in [9.17, 15) is 0 Å². The predicted molar refractivity (Wildman–Crippen MR) is 76.8 cm³/mol. The third-order valence-electron chi connectivity index (χ3n) is 2.69. The number of benzene rings is 1. The van der Waals surface area contributed by atoms with Gasteiger partial charge in [-0.05, 0) is 25.0 Å². The summed E-state index contributed by atoms with van der Waals surface area (Å²) in [4.78, 5) is 0. The maximum Gasteiger partial charge on any atom is 0.164 e. The first-order valence-corrected chi connectivity index (χ1v) is 6.48. The molecule has 4 nitrogen and oxygen atoms in total. The number of allylic oxidation sites excluding steroid dienone is 1. The molecule has 0 bridgehead atoms. The lowest BCUT2D eigenvalue weighted by atomic mass is 10.1. The molecule has 0 saturated carbocycles. The Morgan fingerprint density at radius 3 is 2.68 bits per heavy atom. The highest BCUT2D eigenvalue weighted by molar-refractivity contribution is 5.50. The fourth-order valence-corrected chi connectivity index (χ4v) is 1.81. The number of nitrogens with two attached hydrogens (primary N) is 1. The van der Waals surface area contributed by atoms with Gasteiger partial charge in [-0.3, -0.25) is 0 Å². The molecule has 2 N–H and O–H groups in total. The van der Waals surface area contributed by atoms with Gasteiger partial charge in [0.25, 0.3) is 0 Å². The first kappa shape index (κ1) is 15.5. The maximum absolute atomic E-state index is 5.77. The minimum atomic E-state index is 0.472. The quantitative estimate of drug-likeness (QED) is 0.550. The van der Waals surface area contributed by atoms with Crippen molar-refractivity contribution in [1.29, 1.82) is 0 Å². The van der Waals surface area contributed by atoms with Gasteiger partial charge in [-0.15, -0.1) is 6.58 Å². The summed E-state index contributed by atoms with van der Waals surface area (Å²) in [6.45, 7) is 7.94. The van der Waals surface area contributed by atoms with Gasteiger partial charge >= 0.3 is 0 Å². The van der Waals surface area contributed by atoms with Gasteiger partial charge in [-0.25, -0.2) is 0 Å². The largest absolute Gasteiger partial charge is 0.493 e. The highest BCUT2D eigenvalue weighted by atomic mass is 16.5. The van der Waals surface area contributed by atoms with Crippen molar-refractivity contribution < 1.29 is 14.2 Å². The van der Waals surface area contributed by atoms with Crippen LogP contribution in [0.1, 0.15) is 18.1 Å². The molecular weight excluding hydrogens is 242 g/mol. The Morgan fingerprint density at radius 1 is 1.32 bits per heavy atom. The van der Waals surface area contributed by atoms with Gasteiger partial charge in [0.15, 0.2) is 11.5 Å². The van der Waals surface area contributed by atoms with Crippen LogP contribution in [0.4, 0.5) is 0 Å². The molecule has 1 rings (SSSR count). The fourth-order valence-electron chi connectivity index (χ4n) is 1.81. The molecule has 106 valence electrons. The monoisotopic (exact) mass is 265 g/mol. The Bertz CT molecular complexity index is 405. The topological polar surface area (TPSA) is 53.7 Å². The highest BCUT2D eigenvalue weighted by Gasteiger charge is 2.12. The van der Waals surface area contributed by atoms with Gasteiger partial charge in [-0.1, -0.05) is 12.1 Å². The third-order valence-corrected chi connectivity index (χ3v) is 2.69. The van der Waals surface area contributed by atoms with Crippen molar-refractivity contribution in [2.45, 2.75) is 19.9 Å². The number of methoxy groups -OCH3 is 1. The Kier molecular flexibility index (Phi) is 7.00. The molecule has 0 atom stereocenters. The molecule has 0 spiro atoms. The van der Waals surface area contributed by atoms with Crippen LogP contribution >= 0.6 is 0 Å². The molecule has 0 aliphatic carbocycles. The van der Waals surface area contributed by atoms with Crippen molar-refractivity contribution in [2.24, 2.45) is 5.73 Å². The lowest BCUT2D eigenvalue weighted by molar-refractivity contribution is 0.108. The number of rotatable bonds is 9. The van der Waals surface area contributed by atoms with E-state index in [0.717, 1.165) is 16.9 Å². The lowest BCUT2D eigenvalue weighted by Crippen LogP contribution is -2.09. The molecule has 0 heterocycles. The summed E-state index contributed by atoms with van der Waals surface area (Å²) in [7, 11) is 1.63. The second-order valence-electron chi connectivity index (χ2n) is 4.03. The van der Waals surface area contributed by atoms with Crippen LogP contribution in [0.15, 0.2) is 24.8 Å². The minimum Gasteiger partial charge on any atom is -0.493 e. The average molecular weight is 265 g/mol. The van der Waals surface area contributed by atoms with E-state index in [1.165, 1.54) is 0 Å². The van der Waals surface area contributed by atoms with E-state index in [4.69, 9.17) is 19.9 Å². The Balaban J connectivity index is 2.93. The molecule has 0 amide bonds. The highest BCUT2D eigenvalue weighted by Crippen LogP contribution is 2.33. The maximum atomic E-state index is 5.77. The minimum absolute atomic E-state index is 0.472. The predicted octanol–water partition coefficient (Wildman–Crippen LogP) is 2.30. The van der Waals surface area contributed by atoms with Crippen LogP contribution in [0.3, 0.4) is 0 Å². The van der Waals surface area contributed by atoms with Crippen molar-refractivity contribution in [3.8, 4) is 11.5 Å². The first-order valence-electron chi connectivity index (χ1n) is 6.48. The van der Waals surface area contributed by atoms with Crippen molar-refractivity contribution in [2.75, 3.05) is 26.9 Å². The van der Waals surface area contributed by atoms with Crippen LogP contribution in [0.5, 0.6) is 11.5 Å². The average Bonchev–Trinajstić information content (AvgIpc) is 2.44. The van der Waals surface area contributed by atoms with Gasteiger partial charge in [0, 0.05) is 18.7 Å². The molecular formula is C15H23NO3. The normalized spacial score (nSPS) is 10.3. The van der Waals surface area contributed by atoms with Crippen LogP contribution in [0, 0.1) is 0 Å². The first-order chi connectivity index (χ1) is 9.26. The van der Waals surface area contributed by atoms with Crippen LogP contribution in [0.25, 0.3) is 0 Å². The molecule has 0 aliphatic heterocycles. The Labute approximate surface area is 115 Å². The molecule has 0 unspecified atom stereocenters. The van der Waals surface area contributed by atoms with E-state index in [1.807, 2.05) is 25.1 Å². The summed E-state index contributed by atoms with van der Waals surface area (Å²) in [5.41, 5.74) is 7.74. The van der Waals surface area contributed by atoms with Gasteiger partial charge in [-0.2, -0.15) is 0 Å². The summed E-state index contributed by atoms with van der Waals surface area (Å²) in [5.74, 6) is 1.45.